The van der Waals surface area contributed by atoms with E-state index in [0.29, 0.717) is 11.2 Å². The number of nitrogens with zero attached hydrogens (tertiary/aromatic N) is 2. The summed E-state index contributed by atoms with van der Waals surface area (Å²) in [5.74, 6) is 0. The lowest BCUT2D eigenvalue weighted by Crippen LogP contribution is -2.43. The molecule has 0 bridgehead atoms. The summed E-state index contributed by atoms with van der Waals surface area (Å²) in [6.45, 7) is 6.40. The van der Waals surface area contributed by atoms with Crippen molar-refractivity contribution in [2.24, 2.45) is 0 Å². The van der Waals surface area contributed by atoms with Gasteiger partial charge in [-0.2, -0.15) is 0 Å². The molecule has 0 spiro atoms. The largest absolute Gasteiger partial charge is 0.317 e. The van der Waals surface area contributed by atoms with Gasteiger partial charge in [-0.05, 0) is 45.0 Å². The highest BCUT2D eigenvalue weighted by Gasteiger charge is 2.21. The molecule has 3 nitrogen and oxygen atoms in total. The maximum absolute atomic E-state index is 6.25. The van der Waals surface area contributed by atoms with Gasteiger partial charge in [0.15, 0.2) is 0 Å². The Hall–Kier alpha value is -0.350. The molecule has 1 aromatic heterocycles. The summed E-state index contributed by atoms with van der Waals surface area (Å²) >= 11 is 12.1. The van der Waals surface area contributed by atoms with Crippen molar-refractivity contribution in [2.75, 3.05) is 19.6 Å². The van der Waals surface area contributed by atoms with Gasteiger partial charge in [0.1, 0.15) is 5.15 Å². The van der Waals surface area contributed by atoms with E-state index in [9.17, 15) is 0 Å². The Labute approximate surface area is 125 Å². The molecule has 0 atom stereocenters. The van der Waals surface area contributed by atoms with Gasteiger partial charge in [-0.1, -0.05) is 30.1 Å². The van der Waals surface area contributed by atoms with Gasteiger partial charge in [0, 0.05) is 29.4 Å². The predicted octanol–water partition coefficient (Wildman–Crippen LogP) is 3.35. The van der Waals surface area contributed by atoms with E-state index in [1.54, 1.807) is 12.3 Å². The molecule has 19 heavy (non-hydrogen) atoms. The minimum atomic E-state index is 0.456. The van der Waals surface area contributed by atoms with Crippen LogP contribution in [0.25, 0.3) is 0 Å². The van der Waals surface area contributed by atoms with Crippen molar-refractivity contribution in [2.45, 2.75) is 38.8 Å². The molecule has 2 heterocycles. The monoisotopic (exact) mass is 301 g/mol. The Morgan fingerprint density at radius 3 is 2.74 bits per heavy atom. The fraction of sp³-hybridized carbons (Fsp3) is 0.643. The topological polar surface area (TPSA) is 28.2 Å². The van der Waals surface area contributed by atoms with Crippen molar-refractivity contribution >= 4 is 23.2 Å². The van der Waals surface area contributed by atoms with Crippen LogP contribution in [0.3, 0.4) is 0 Å². The molecule has 0 unspecified atom stereocenters. The number of hydrogen-bond donors (Lipinski definition) is 1. The molecule has 0 aromatic carbocycles. The summed E-state index contributed by atoms with van der Waals surface area (Å²) in [5.41, 5.74) is 1.07. The lowest BCUT2D eigenvalue weighted by atomic mass is 10.0. The molecule has 0 amide bonds. The number of halogens is 2. The lowest BCUT2D eigenvalue weighted by molar-refractivity contribution is 0.154. The molecule has 1 fully saturated rings. The molecule has 1 aromatic rings. The van der Waals surface area contributed by atoms with E-state index in [1.165, 1.54) is 12.8 Å². The van der Waals surface area contributed by atoms with Gasteiger partial charge in [-0.3, -0.25) is 4.90 Å². The normalized spacial score (nSPS) is 17.1. The third-order valence-corrected chi connectivity index (χ3v) is 4.16. The first-order valence-electron chi connectivity index (χ1n) is 6.95. The predicted molar refractivity (Wildman–Crippen MR) is 80.8 cm³/mol. The van der Waals surface area contributed by atoms with Crippen LogP contribution in [0.1, 0.15) is 31.7 Å². The van der Waals surface area contributed by atoms with Gasteiger partial charge in [-0.15, -0.1) is 0 Å². The van der Waals surface area contributed by atoms with Crippen LogP contribution in [-0.2, 0) is 6.54 Å². The Balaban J connectivity index is 2.06. The fourth-order valence-corrected chi connectivity index (χ4v) is 3.05. The molecule has 0 saturated carbocycles. The van der Waals surface area contributed by atoms with E-state index in [1.807, 2.05) is 0 Å². The van der Waals surface area contributed by atoms with Gasteiger partial charge in [0.25, 0.3) is 0 Å². The maximum atomic E-state index is 6.25. The molecule has 2 rings (SSSR count). The third kappa shape index (κ3) is 4.32. The molecule has 106 valence electrons. The molecule has 1 aliphatic heterocycles. The second-order valence-electron chi connectivity index (χ2n) is 5.05. The van der Waals surface area contributed by atoms with E-state index in [0.717, 1.165) is 43.2 Å². The Morgan fingerprint density at radius 2 is 2.11 bits per heavy atom. The van der Waals surface area contributed by atoms with E-state index < -0.39 is 0 Å². The standard InChI is InChI=1S/C14H21Cl2N3/c1-2-7-19(12-3-5-17-6-4-12)10-11-9-18-14(16)8-13(11)15/h8-9,12,17H,2-7,10H2,1H3. The number of nitrogens with one attached hydrogen (secondary N) is 1. The van der Waals surface area contributed by atoms with Crippen molar-refractivity contribution in [3.8, 4) is 0 Å². The summed E-state index contributed by atoms with van der Waals surface area (Å²) in [4.78, 5) is 6.67. The quantitative estimate of drug-likeness (QED) is 0.845. The van der Waals surface area contributed by atoms with Crippen LogP contribution in [0.2, 0.25) is 10.2 Å². The van der Waals surface area contributed by atoms with Crippen LogP contribution < -0.4 is 5.32 Å². The van der Waals surface area contributed by atoms with Crippen molar-refractivity contribution in [1.82, 2.24) is 15.2 Å². The number of piperidine rings is 1. The fourth-order valence-electron chi connectivity index (χ4n) is 2.62. The second kappa shape index (κ2) is 7.44. The maximum Gasteiger partial charge on any atom is 0.130 e. The minimum Gasteiger partial charge on any atom is -0.317 e. The van der Waals surface area contributed by atoms with Gasteiger partial charge in [0.05, 0.1) is 0 Å². The molecule has 1 aliphatic rings. The van der Waals surface area contributed by atoms with Gasteiger partial charge < -0.3 is 5.32 Å². The first-order valence-corrected chi connectivity index (χ1v) is 7.71. The number of aromatic nitrogens is 1. The first kappa shape index (κ1) is 15.0. The highest BCUT2D eigenvalue weighted by molar-refractivity contribution is 6.34. The first-order chi connectivity index (χ1) is 9.20. The van der Waals surface area contributed by atoms with Crippen molar-refractivity contribution in [1.29, 1.82) is 0 Å². The highest BCUT2D eigenvalue weighted by Crippen LogP contribution is 2.22. The van der Waals surface area contributed by atoms with Crippen molar-refractivity contribution in [3.05, 3.63) is 28.0 Å². The highest BCUT2D eigenvalue weighted by atomic mass is 35.5. The number of rotatable bonds is 5. The van der Waals surface area contributed by atoms with Gasteiger partial charge in [0.2, 0.25) is 0 Å². The van der Waals surface area contributed by atoms with Crippen LogP contribution in [-0.4, -0.2) is 35.6 Å². The Bertz CT molecular complexity index is 406. The molecular weight excluding hydrogens is 281 g/mol. The molecule has 0 radical (unpaired) electrons. The minimum absolute atomic E-state index is 0.456. The van der Waals surface area contributed by atoms with Crippen LogP contribution in [0.15, 0.2) is 12.3 Å². The Morgan fingerprint density at radius 1 is 1.37 bits per heavy atom. The molecular formula is C14H21Cl2N3. The number of pyridine rings is 1. The molecule has 5 heteroatoms. The van der Waals surface area contributed by atoms with E-state index in [-0.39, 0.29) is 0 Å². The summed E-state index contributed by atoms with van der Waals surface area (Å²) in [6, 6.07) is 2.37. The second-order valence-corrected chi connectivity index (χ2v) is 5.84. The van der Waals surface area contributed by atoms with Crippen LogP contribution in [0.5, 0.6) is 0 Å². The lowest BCUT2D eigenvalue weighted by Gasteiger charge is -2.34. The third-order valence-electron chi connectivity index (χ3n) is 3.61. The zero-order valence-corrected chi connectivity index (χ0v) is 12.8. The van der Waals surface area contributed by atoms with Crippen molar-refractivity contribution < 1.29 is 0 Å². The smallest absolute Gasteiger partial charge is 0.130 e. The molecule has 1 saturated heterocycles. The van der Waals surface area contributed by atoms with Gasteiger partial charge >= 0.3 is 0 Å². The summed E-state index contributed by atoms with van der Waals surface area (Å²) < 4.78 is 0. The molecule has 1 N–H and O–H groups in total. The van der Waals surface area contributed by atoms with E-state index in [4.69, 9.17) is 23.2 Å². The van der Waals surface area contributed by atoms with Crippen LogP contribution in [0.4, 0.5) is 0 Å². The van der Waals surface area contributed by atoms with Gasteiger partial charge in [-0.25, -0.2) is 4.98 Å². The van der Waals surface area contributed by atoms with Crippen LogP contribution in [0, 0.1) is 0 Å². The van der Waals surface area contributed by atoms with Crippen molar-refractivity contribution in [3.63, 3.8) is 0 Å². The molecule has 0 aliphatic carbocycles. The SMILES string of the molecule is CCCN(Cc1cnc(Cl)cc1Cl)C1CCNCC1. The average molecular weight is 302 g/mol. The zero-order chi connectivity index (χ0) is 13.7. The summed E-state index contributed by atoms with van der Waals surface area (Å²) in [7, 11) is 0. The number of hydrogen-bond acceptors (Lipinski definition) is 3. The van der Waals surface area contributed by atoms with E-state index >= 15 is 0 Å². The summed E-state index contributed by atoms with van der Waals surface area (Å²) in [6.07, 6.45) is 5.37. The zero-order valence-electron chi connectivity index (χ0n) is 11.3. The average Bonchev–Trinajstić information content (AvgIpc) is 2.42. The summed E-state index contributed by atoms with van der Waals surface area (Å²) in [5, 5.41) is 4.59. The van der Waals surface area contributed by atoms with E-state index in [2.05, 4.69) is 22.1 Å². The Kier molecular flexibility index (Phi) is 5.89. The van der Waals surface area contributed by atoms with Crippen LogP contribution >= 0.6 is 23.2 Å².